The lowest BCUT2D eigenvalue weighted by atomic mass is 10.2. The van der Waals surface area contributed by atoms with Gasteiger partial charge in [-0.15, -0.1) is 10.2 Å². The monoisotopic (exact) mass is 446 g/mol. The SMILES string of the molecule is CCOc1ccccc1NC(=O)CSc1nnc(-c2ccccc2O)n1-c1ccccc1. The molecule has 162 valence electrons. The Morgan fingerprint density at radius 2 is 1.72 bits per heavy atom. The van der Waals surface area contributed by atoms with Crippen molar-refractivity contribution in [3.05, 3.63) is 78.9 Å². The lowest BCUT2D eigenvalue weighted by Gasteiger charge is -2.12. The number of carbonyl (C=O) groups is 1. The number of nitrogens with one attached hydrogen (secondary N) is 1. The number of aromatic nitrogens is 3. The van der Waals surface area contributed by atoms with Crippen LogP contribution in [0.2, 0.25) is 0 Å². The quantitative estimate of drug-likeness (QED) is 0.379. The van der Waals surface area contributed by atoms with Crippen molar-refractivity contribution in [3.8, 4) is 28.6 Å². The molecule has 0 aliphatic heterocycles. The number of ether oxygens (including phenoxy) is 1. The molecule has 3 aromatic carbocycles. The Hall–Kier alpha value is -3.78. The highest BCUT2D eigenvalue weighted by Gasteiger charge is 2.19. The van der Waals surface area contributed by atoms with E-state index in [1.165, 1.54) is 11.8 Å². The van der Waals surface area contributed by atoms with Crippen molar-refractivity contribution in [2.75, 3.05) is 17.7 Å². The summed E-state index contributed by atoms with van der Waals surface area (Å²) in [6.45, 7) is 2.41. The average Bonchev–Trinajstić information content (AvgIpc) is 3.24. The van der Waals surface area contributed by atoms with Gasteiger partial charge in [-0.2, -0.15) is 0 Å². The number of carbonyl (C=O) groups excluding carboxylic acids is 1. The van der Waals surface area contributed by atoms with E-state index in [1.807, 2.05) is 66.1 Å². The number of hydrogen-bond acceptors (Lipinski definition) is 6. The summed E-state index contributed by atoms with van der Waals surface area (Å²) in [5.74, 6) is 1.18. The van der Waals surface area contributed by atoms with Crippen molar-refractivity contribution >= 4 is 23.4 Å². The number of rotatable bonds is 8. The maximum Gasteiger partial charge on any atom is 0.234 e. The predicted octanol–water partition coefficient (Wildman–Crippen LogP) is 4.77. The van der Waals surface area contributed by atoms with Gasteiger partial charge in [-0.1, -0.05) is 54.2 Å². The predicted molar refractivity (Wildman–Crippen MR) is 125 cm³/mol. The molecule has 4 aromatic rings. The Balaban J connectivity index is 1.58. The van der Waals surface area contributed by atoms with Gasteiger partial charge in [0, 0.05) is 5.69 Å². The molecule has 2 N–H and O–H groups in total. The molecule has 0 aliphatic carbocycles. The normalized spacial score (nSPS) is 10.7. The number of amides is 1. The minimum atomic E-state index is -0.186. The lowest BCUT2D eigenvalue weighted by Crippen LogP contribution is -2.15. The van der Waals surface area contributed by atoms with E-state index in [0.717, 1.165) is 5.69 Å². The molecule has 0 saturated carbocycles. The van der Waals surface area contributed by atoms with E-state index >= 15 is 0 Å². The molecule has 8 heteroatoms. The second-order valence-electron chi connectivity index (χ2n) is 6.76. The zero-order valence-electron chi connectivity index (χ0n) is 17.4. The van der Waals surface area contributed by atoms with Crippen LogP contribution >= 0.6 is 11.8 Å². The highest BCUT2D eigenvalue weighted by Crippen LogP contribution is 2.32. The second-order valence-corrected chi connectivity index (χ2v) is 7.70. The van der Waals surface area contributed by atoms with Gasteiger partial charge in [0.15, 0.2) is 11.0 Å². The first-order valence-electron chi connectivity index (χ1n) is 10.1. The van der Waals surface area contributed by atoms with Crippen LogP contribution in [0.1, 0.15) is 6.92 Å². The van der Waals surface area contributed by atoms with E-state index in [9.17, 15) is 9.90 Å². The summed E-state index contributed by atoms with van der Waals surface area (Å²) >= 11 is 1.26. The summed E-state index contributed by atoms with van der Waals surface area (Å²) in [5.41, 5.74) is 2.02. The molecule has 0 bridgehead atoms. The standard InChI is InChI=1S/C24H22N4O3S/c1-2-31-21-15-9-7-13-19(21)25-22(30)16-32-24-27-26-23(18-12-6-8-14-20(18)29)28(24)17-10-4-3-5-11-17/h3-15,29H,2,16H2,1H3,(H,25,30). The molecule has 0 radical (unpaired) electrons. The van der Waals surface area contributed by atoms with E-state index in [1.54, 1.807) is 24.3 Å². The van der Waals surface area contributed by atoms with E-state index < -0.39 is 0 Å². The third-order valence-electron chi connectivity index (χ3n) is 4.59. The van der Waals surface area contributed by atoms with E-state index in [4.69, 9.17) is 4.74 Å². The van der Waals surface area contributed by atoms with Crippen LogP contribution in [0.15, 0.2) is 84.0 Å². The molecular weight excluding hydrogens is 424 g/mol. The van der Waals surface area contributed by atoms with Crippen LogP contribution in [0.25, 0.3) is 17.1 Å². The molecular formula is C24H22N4O3S. The van der Waals surface area contributed by atoms with Crippen LogP contribution in [-0.2, 0) is 4.79 Å². The largest absolute Gasteiger partial charge is 0.507 e. The lowest BCUT2D eigenvalue weighted by molar-refractivity contribution is -0.113. The number of phenolic OH excluding ortho intramolecular Hbond substituents is 1. The number of aromatic hydroxyl groups is 1. The zero-order valence-corrected chi connectivity index (χ0v) is 18.2. The third-order valence-corrected chi connectivity index (χ3v) is 5.52. The number of anilines is 1. The van der Waals surface area contributed by atoms with Crippen LogP contribution in [0, 0.1) is 0 Å². The Labute approximate surface area is 190 Å². The van der Waals surface area contributed by atoms with Gasteiger partial charge in [0.2, 0.25) is 5.91 Å². The number of nitrogens with zero attached hydrogens (tertiary/aromatic N) is 3. The first-order valence-corrected chi connectivity index (χ1v) is 11.1. The van der Waals surface area contributed by atoms with Gasteiger partial charge < -0.3 is 15.2 Å². The fourth-order valence-corrected chi connectivity index (χ4v) is 3.93. The molecule has 1 aromatic heterocycles. The third kappa shape index (κ3) is 4.76. The van der Waals surface area contributed by atoms with Gasteiger partial charge in [-0.25, -0.2) is 0 Å². The fourth-order valence-electron chi connectivity index (χ4n) is 3.18. The van der Waals surface area contributed by atoms with Gasteiger partial charge in [-0.05, 0) is 43.3 Å². The van der Waals surface area contributed by atoms with Crippen molar-refractivity contribution in [2.24, 2.45) is 0 Å². The van der Waals surface area contributed by atoms with Gasteiger partial charge in [-0.3, -0.25) is 9.36 Å². The first kappa shape index (κ1) is 21.5. The summed E-state index contributed by atoms with van der Waals surface area (Å²) < 4.78 is 7.40. The Kier molecular flexibility index (Phi) is 6.72. The number of thioether (sulfide) groups is 1. The Bertz CT molecular complexity index is 1210. The highest BCUT2D eigenvalue weighted by atomic mass is 32.2. The van der Waals surface area contributed by atoms with Gasteiger partial charge >= 0.3 is 0 Å². The molecule has 0 aliphatic rings. The number of para-hydroxylation sites is 4. The molecule has 1 heterocycles. The molecule has 4 rings (SSSR count). The van der Waals surface area contributed by atoms with Crippen LogP contribution in [0.4, 0.5) is 5.69 Å². The summed E-state index contributed by atoms with van der Waals surface area (Å²) in [4.78, 5) is 12.6. The van der Waals surface area contributed by atoms with Gasteiger partial charge in [0.1, 0.15) is 11.5 Å². The van der Waals surface area contributed by atoms with E-state index in [0.29, 0.717) is 34.6 Å². The number of phenols is 1. The van der Waals surface area contributed by atoms with E-state index in [-0.39, 0.29) is 17.4 Å². The first-order chi connectivity index (χ1) is 15.7. The molecule has 0 saturated heterocycles. The summed E-state index contributed by atoms with van der Waals surface area (Å²) in [5, 5.41) is 22.4. The summed E-state index contributed by atoms with van der Waals surface area (Å²) in [6, 6.07) is 23.9. The molecule has 0 spiro atoms. The maximum absolute atomic E-state index is 12.6. The van der Waals surface area contributed by atoms with Crippen molar-refractivity contribution in [1.82, 2.24) is 14.8 Å². The van der Waals surface area contributed by atoms with Crippen LogP contribution < -0.4 is 10.1 Å². The smallest absolute Gasteiger partial charge is 0.234 e. The fraction of sp³-hybridized carbons (Fsp3) is 0.125. The van der Waals surface area contributed by atoms with E-state index in [2.05, 4.69) is 15.5 Å². The molecule has 32 heavy (non-hydrogen) atoms. The maximum atomic E-state index is 12.6. The molecule has 0 unspecified atom stereocenters. The Morgan fingerprint density at radius 3 is 2.50 bits per heavy atom. The molecule has 0 atom stereocenters. The van der Waals surface area contributed by atoms with Crippen LogP contribution in [0.5, 0.6) is 11.5 Å². The Morgan fingerprint density at radius 1 is 1.00 bits per heavy atom. The minimum absolute atomic E-state index is 0.110. The molecule has 0 fully saturated rings. The van der Waals surface area contributed by atoms with Crippen molar-refractivity contribution < 1.29 is 14.6 Å². The van der Waals surface area contributed by atoms with Gasteiger partial charge in [0.25, 0.3) is 0 Å². The van der Waals surface area contributed by atoms with Gasteiger partial charge in [0.05, 0.1) is 23.6 Å². The van der Waals surface area contributed by atoms with Crippen molar-refractivity contribution in [3.63, 3.8) is 0 Å². The average molecular weight is 447 g/mol. The second kappa shape index (κ2) is 10.0. The van der Waals surface area contributed by atoms with Crippen LogP contribution in [-0.4, -0.2) is 38.1 Å². The molecule has 1 amide bonds. The van der Waals surface area contributed by atoms with Crippen molar-refractivity contribution in [1.29, 1.82) is 0 Å². The minimum Gasteiger partial charge on any atom is -0.507 e. The number of hydrogen-bond donors (Lipinski definition) is 2. The van der Waals surface area contributed by atoms with Crippen molar-refractivity contribution in [2.45, 2.75) is 12.1 Å². The highest BCUT2D eigenvalue weighted by molar-refractivity contribution is 7.99. The summed E-state index contributed by atoms with van der Waals surface area (Å²) in [6.07, 6.45) is 0. The summed E-state index contributed by atoms with van der Waals surface area (Å²) in [7, 11) is 0. The molecule has 7 nitrogen and oxygen atoms in total. The number of benzene rings is 3. The zero-order chi connectivity index (χ0) is 22.3. The topological polar surface area (TPSA) is 89.3 Å². The van der Waals surface area contributed by atoms with Crippen LogP contribution in [0.3, 0.4) is 0 Å².